The fourth-order valence-electron chi connectivity index (χ4n) is 19.5. The first-order valence-corrected chi connectivity index (χ1v) is 45.3. The van der Waals surface area contributed by atoms with Gasteiger partial charge in [-0.15, -0.1) is 0 Å². The molecule has 0 saturated heterocycles. The summed E-state index contributed by atoms with van der Waals surface area (Å²) < 4.78 is 11.6. The summed E-state index contributed by atoms with van der Waals surface area (Å²) in [6.07, 6.45) is 40.9. The molecule has 4 aliphatic carbocycles. The van der Waals surface area contributed by atoms with E-state index >= 15 is 0 Å². The fraction of sp³-hybridized carbons (Fsp3) is 0.526. The molecular formula is C116H174N5+5. The average Bonchev–Trinajstić information content (AvgIpc) is 1.78. The van der Waals surface area contributed by atoms with Crippen molar-refractivity contribution in [2.24, 2.45) is 62.8 Å². The lowest BCUT2D eigenvalue weighted by Gasteiger charge is -2.24. The third-order valence-electron chi connectivity index (χ3n) is 25.2. The Labute approximate surface area is 743 Å². The van der Waals surface area contributed by atoms with Gasteiger partial charge in [-0.2, -0.15) is 0 Å². The van der Waals surface area contributed by atoms with E-state index in [0.717, 1.165) is 55.8 Å². The zero-order valence-electron chi connectivity index (χ0n) is 77.5. The first-order valence-electron chi connectivity index (χ1n) is 45.3. The Morgan fingerprint density at radius 2 is 0.496 bits per heavy atom. The average molecular weight is 1640 g/mol. The Balaban J connectivity index is 0.000000266. The molecular weight excluding hydrogens is 1460 g/mol. The van der Waals surface area contributed by atoms with Crippen molar-refractivity contribution in [2.45, 2.75) is 341 Å². The normalized spacial score (nSPS) is 14.4. The largest absolute Gasteiger partial charge is 0.212 e. The highest BCUT2D eigenvalue weighted by Gasteiger charge is 2.33. The van der Waals surface area contributed by atoms with Gasteiger partial charge in [0.05, 0.1) is 0 Å². The van der Waals surface area contributed by atoms with E-state index in [-0.39, 0.29) is 42.5 Å². The molecule has 0 spiro atoms. The van der Waals surface area contributed by atoms with Crippen LogP contribution < -0.4 is 22.8 Å². The van der Waals surface area contributed by atoms with Gasteiger partial charge in [0.1, 0.15) is 35.2 Å². The van der Waals surface area contributed by atoms with Gasteiger partial charge < -0.3 is 0 Å². The van der Waals surface area contributed by atoms with Gasteiger partial charge in [0, 0.05) is 86.0 Å². The molecule has 14 rings (SSSR count). The van der Waals surface area contributed by atoms with Crippen LogP contribution in [0.2, 0.25) is 0 Å². The Hall–Kier alpha value is -8.15. The molecule has 658 valence electrons. The first kappa shape index (κ1) is 103. The van der Waals surface area contributed by atoms with E-state index in [1.165, 1.54) is 210 Å². The van der Waals surface area contributed by atoms with Crippen molar-refractivity contribution in [1.29, 1.82) is 0 Å². The summed E-state index contributed by atoms with van der Waals surface area (Å²) >= 11 is 0. The lowest BCUT2D eigenvalue weighted by Crippen LogP contribution is -2.33. The standard InChI is InChI=1S/2C23H32N.C23H34N.C22H30N.C20H26N.5CH4/c1-17-10-6-9-13-20(17)22-14-21(18-11-7-8-12-18)19(16-24(22)5)15-23(2,3)4;1-17-10-6-9-13-20(17)22-14-19(15-23(2,3)4)21(16-24(22)5)18-11-7-8-12-18;1-17-11-9-10-12-20(17)21-13-18(14-22(2,3)4)19(16-24(21)8)15-23(5,6)7;1-16(2)13-19-14-22(20-12-8-5-9-17(20)3)23(4)15-21(19)18-10-6-7-11-18;1-4-16-14-21(3)20(18-12-8-5-9-15(18)2)13-19(16)17-10-6-7-11-17;;;;;/h2*6,9-10,13-14,16,18H,7-8,11-12,15H2,1-5H3;9-13,16H,14-15H2,1-8H3;5,8-9,12,14-16,18H,6-7,10-11,13H2,1-4H3;5,8-9,12-14,17H,4,6-7,10-11H2,1-3H3;5*1H4/q5*+1;;;;;. The summed E-state index contributed by atoms with van der Waals surface area (Å²) in [5, 5.41) is 0. The SMILES string of the molecule is C.C.C.C.C.CCc1c[n+](C)c(-c2ccccc2C)cc1C1CCCC1.Cc1ccccc1-c1cc(C2CCCC2)c(CC(C)(C)C)c[n+]1C.Cc1ccccc1-c1cc(CC(C)(C)C)c(C2CCCC2)c[n+]1C.Cc1ccccc1-c1cc(CC(C)(C)C)c(CC(C)(C)C)c[n+]1C.Cc1ccccc1-c1cc(CC(C)C)c(C2CCCC2)c[n+]1C. The Morgan fingerprint density at radius 3 is 0.793 bits per heavy atom. The van der Waals surface area contributed by atoms with Gasteiger partial charge >= 0.3 is 0 Å². The summed E-state index contributed by atoms with van der Waals surface area (Å²) in [6, 6.07) is 56.0. The van der Waals surface area contributed by atoms with Crippen molar-refractivity contribution in [2.75, 3.05) is 0 Å². The van der Waals surface area contributed by atoms with Crippen LogP contribution in [0.3, 0.4) is 0 Å². The van der Waals surface area contributed by atoms with Crippen molar-refractivity contribution in [3.63, 3.8) is 0 Å². The zero-order chi connectivity index (χ0) is 84.0. The molecule has 5 nitrogen and oxygen atoms in total. The second kappa shape index (κ2) is 46.0. The predicted octanol–water partition coefficient (Wildman–Crippen LogP) is 30.4. The van der Waals surface area contributed by atoms with Crippen molar-refractivity contribution >= 4 is 0 Å². The molecule has 4 saturated carbocycles. The number of benzene rings is 5. The summed E-state index contributed by atoms with van der Waals surface area (Å²) in [6.45, 7) is 46.0. The van der Waals surface area contributed by atoms with Crippen LogP contribution in [-0.4, -0.2) is 0 Å². The molecule has 5 heteroatoms. The highest BCUT2D eigenvalue weighted by atomic mass is 14.9. The molecule has 4 aliphatic rings. The third kappa shape index (κ3) is 28.7. The molecule has 0 bridgehead atoms. The van der Waals surface area contributed by atoms with Crippen LogP contribution in [0.4, 0.5) is 0 Å². The lowest BCUT2D eigenvalue weighted by atomic mass is 9.81. The number of nitrogens with zero attached hydrogens (tertiary/aromatic N) is 5. The highest BCUT2D eigenvalue weighted by molar-refractivity contribution is 5.66. The number of rotatable bonds is 16. The summed E-state index contributed by atoms with van der Waals surface area (Å²) in [4.78, 5) is 0. The fourth-order valence-corrected chi connectivity index (χ4v) is 19.5. The van der Waals surface area contributed by atoms with Crippen molar-refractivity contribution in [1.82, 2.24) is 0 Å². The summed E-state index contributed by atoms with van der Waals surface area (Å²) in [7, 11) is 11.0. The number of pyridine rings is 5. The third-order valence-corrected chi connectivity index (χ3v) is 25.2. The maximum atomic E-state index is 2.50. The molecule has 5 aromatic heterocycles. The van der Waals surface area contributed by atoms with E-state index < -0.39 is 0 Å². The van der Waals surface area contributed by atoms with Crippen LogP contribution >= 0.6 is 0 Å². The molecule has 0 unspecified atom stereocenters. The van der Waals surface area contributed by atoms with E-state index in [2.05, 4.69) is 379 Å². The van der Waals surface area contributed by atoms with Crippen molar-refractivity contribution in [3.8, 4) is 56.3 Å². The van der Waals surface area contributed by atoms with Gasteiger partial charge in [0.2, 0.25) is 28.5 Å². The van der Waals surface area contributed by atoms with Crippen LogP contribution in [0.15, 0.2) is 183 Å². The number of aromatic nitrogens is 5. The molecule has 0 radical (unpaired) electrons. The monoisotopic (exact) mass is 1640 g/mol. The molecule has 0 N–H and O–H groups in total. The molecule has 0 aliphatic heterocycles. The van der Waals surface area contributed by atoms with E-state index in [0.29, 0.717) is 22.2 Å². The second-order valence-electron chi connectivity index (χ2n) is 41.2. The molecule has 4 fully saturated rings. The molecule has 0 atom stereocenters. The zero-order valence-corrected chi connectivity index (χ0v) is 77.5. The van der Waals surface area contributed by atoms with Gasteiger partial charge in [0.25, 0.3) is 0 Å². The second-order valence-corrected chi connectivity index (χ2v) is 41.2. The van der Waals surface area contributed by atoms with Gasteiger partial charge in [0.15, 0.2) is 31.0 Å². The maximum absolute atomic E-state index is 2.50. The molecule has 121 heavy (non-hydrogen) atoms. The van der Waals surface area contributed by atoms with Crippen molar-refractivity contribution in [3.05, 3.63) is 266 Å². The van der Waals surface area contributed by atoms with Crippen LogP contribution in [-0.2, 0) is 73.8 Å². The molecule has 0 amide bonds. The van der Waals surface area contributed by atoms with Crippen LogP contribution in [0, 0.1) is 62.2 Å². The summed E-state index contributed by atoms with van der Waals surface area (Å²) in [5.74, 6) is 3.78. The minimum Gasteiger partial charge on any atom is -0.201 e. The van der Waals surface area contributed by atoms with Gasteiger partial charge in [-0.05, 0) is 262 Å². The number of aryl methyl sites for hydroxylation is 11. The highest BCUT2D eigenvalue weighted by Crippen LogP contribution is 2.43. The summed E-state index contributed by atoms with van der Waals surface area (Å²) in [5.41, 5.74) is 37.1. The van der Waals surface area contributed by atoms with Crippen LogP contribution in [0.1, 0.15) is 351 Å². The van der Waals surface area contributed by atoms with Gasteiger partial charge in [-0.3, -0.25) is 0 Å². The maximum Gasteiger partial charge on any atom is 0.212 e. The smallest absolute Gasteiger partial charge is 0.201 e. The lowest BCUT2D eigenvalue weighted by molar-refractivity contribution is -0.661. The first-order chi connectivity index (χ1) is 54.9. The Kier molecular flexibility index (Phi) is 39.3. The van der Waals surface area contributed by atoms with E-state index in [9.17, 15) is 0 Å². The topological polar surface area (TPSA) is 19.4 Å². The van der Waals surface area contributed by atoms with Crippen LogP contribution in [0.25, 0.3) is 56.3 Å². The predicted molar refractivity (Wildman–Crippen MR) is 528 cm³/mol. The Bertz CT molecular complexity index is 4890. The van der Waals surface area contributed by atoms with Crippen LogP contribution in [0.5, 0.6) is 0 Å². The van der Waals surface area contributed by atoms with Gasteiger partial charge in [-0.1, -0.05) is 283 Å². The van der Waals surface area contributed by atoms with E-state index in [1.54, 1.807) is 38.9 Å². The van der Waals surface area contributed by atoms with E-state index in [4.69, 9.17) is 0 Å². The molecule has 10 aromatic rings. The van der Waals surface area contributed by atoms with Crippen molar-refractivity contribution < 1.29 is 22.8 Å². The minimum atomic E-state index is 0. The molecule has 5 aromatic carbocycles. The number of hydrogen-bond donors (Lipinski definition) is 0. The Morgan fingerprint density at radius 1 is 0.273 bits per heavy atom. The van der Waals surface area contributed by atoms with E-state index in [1.807, 2.05) is 0 Å². The quantitative estimate of drug-likeness (QED) is 0.0859. The minimum absolute atomic E-state index is 0. The van der Waals surface area contributed by atoms with Gasteiger partial charge in [-0.25, -0.2) is 22.8 Å². The number of hydrogen-bond acceptors (Lipinski definition) is 0. The molecule has 5 heterocycles.